The fourth-order valence-electron chi connectivity index (χ4n) is 1.09. The Morgan fingerprint density at radius 1 is 1.69 bits per heavy atom. The fraction of sp³-hybridized carbons (Fsp3) is 0.500. The molecule has 0 saturated heterocycles. The fourth-order valence-corrected chi connectivity index (χ4v) is 1.69. The number of aromatic nitrogens is 2. The molecule has 0 aliphatic rings. The second kappa shape index (κ2) is 4.32. The van der Waals surface area contributed by atoms with Crippen LogP contribution in [0, 0.1) is 0 Å². The summed E-state index contributed by atoms with van der Waals surface area (Å²) in [5.41, 5.74) is 5.39. The number of rotatable bonds is 3. The van der Waals surface area contributed by atoms with Crippen molar-refractivity contribution in [3.8, 4) is 0 Å². The number of nitrogen functional groups attached to an aromatic ring is 1. The molecule has 2 N–H and O–H groups in total. The van der Waals surface area contributed by atoms with Crippen molar-refractivity contribution >= 4 is 17.6 Å². The van der Waals surface area contributed by atoms with Crippen LogP contribution in [-0.4, -0.2) is 15.8 Å². The van der Waals surface area contributed by atoms with Crippen LogP contribution < -0.4 is 11.3 Å². The van der Waals surface area contributed by atoms with Gasteiger partial charge in [0, 0.05) is 12.6 Å². The zero-order chi connectivity index (χ0) is 9.84. The number of anilines is 1. The van der Waals surface area contributed by atoms with Gasteiger partial charge in [0.05, 0.1) is 0 Å². The summed E-state index contributed by atoms with van der Waals surface area (Å²) in [6.07, 6.45) is 2.80. The molecule has 13 heavy (non-hydrogen) atoms. The van der Waals surface area contributed by atoms with Gasteiger partial charge < -0.3 is 5.73 Å². The molecule has 1 heterocycles. The van der Waals surface area contributed by atoms with E-state index in [9.17, 15) is 4.79 Å². The predicted molar refractivity (Wildman–Crippen MR) is 55.0 cm³/mol. The lowest BCUT2D eigenvalue weighted by molar-refractivity contribution is 0.578. The Kier molecular flexibility index (Phi) is 3.36. The predicted octanol–water partition coefficient (Wildman–Crippen LogP) is 0.957. The quantitative estimate of drug-likeness (QED) is 0.581. The molecule has 1 aromatic rings. The largest absolute Gasteiger partial charge is 0.383 e. The molecule has 0 unspecified atom stereocenters. The molecule has 0 aromatic carbocycles. The molecule has 1 aromatic heterocycles. The highest BCUT2D eigenvalue weighted by Crippen LogP contribution is 2.10. The summed E-state index contributed by atoms with van der Waals surface area (Å²) in [5.74, 6) is 0.293. The van der Waals surface area contributed by atoms with Gasteiger partial charge in [0.2, 0.25) is 0 Å². The first-order valence-electron chi connectivity index (χ1n) is 4.10. The minimum Gasteiger partial charge on any atom is -0.383 e. The third-order valence-corrected chi connectivity index (χ3v) is 2.30. The standard InChI is InChI=1S/C8H13N3OS/c1-3-4-11-7(12)5-6(9)10-8(11)13-2/h5H,3-4,9H2,1-2H3. The van der Waals surface area contributed by atoms with Crippen LogP contribution in [0.5, 0.6) is 0 Å². The molecule has 0 saturated carbocycles. The molecule has 0 aliphatic heterocycles. The SMILES string of the molecule is CCCn1c(SC)nc(N)cc1=O. The Balaban J connectivity index is 3.22. The van der Waals surface area contributed by atoms with E-state index >= 15 is 0 Å². The average Bonchev–Trinajstić information content (AvgIpc) is 2.09. The van der Waals surface area contributed by atoms with E-state index in [-0.39, 0.29) is 5.56 Å². The van der Waals surface area contributed by atoms with Gasteiger partial charge >= 0.3 is 0 Å². The molecular formula is C8H13N3OS. The van der Waals surface area contributed by atoms with E-state index in [2.05, 4.69) is 4.98 Å². The second-order valence-electron chi connectivity index (χ2n) is 2.66. The van der Waals surface area contributed by atoms with Gasteiger partial charge in [-0.05, 0) is 12.7 Å². The molecule has 1 rings (SSSR count). The first-order chi connectivity index (χ1) is 6.19. The van der Waals surface area contributed by atoms with E-state index in [0.717, 1.165) is 6.42 Å². The number of hydrogen-bond donors (Lipinski definition) is 1. The second-order valence-corrected chi connectivity index (χ2v) is 3.43. The van der Waals surface area contributed by atoms with Crippen LogP contribution in [-0.2, 0) is 6.54 Å². The van der Waals surface area contributed by atoms with Crippen LogP contribution in [0.25, 0.3) is 0 Å². The summed E-state index contributed by atoms with van der Waals surface area (Å²) in [5, 5.41) is 0.687. The summed E-state index contributed by atoms with van der Waals surface area (Å²) in [4.78, 5) is 15.5. The molecule has 0 fully saturated rings. The van der Waals surface area contributed by atoms with E-state index in [0.29, 0.717) is 17.5 Å². The number of nitrogens with zero attached hydrogens (tertiary/aromatic N) is 2. The topological polar surface area (TPSA) is 60.9 Å². The van der Waals surface area contributed by atoms with Gasteiger partial charge in [0.15, 0.2) is 5.16 Å². The van der Waals surface area contributed by atoms with Crippen molar-refractivity contribution in [2.24, 2.45) is 0 Å². The lowest BCUT2D eigenvalue weighted by Gasteiger charge is -2.08. The Bertz CT molecular complexity index is 348. The summed E-state index contributed by atoms with van der Waals surface area (Å²) in [6.45, 7) is 2.72. The monoisotopic (exact) mass is 199 g/mol. The van der Waals surface area contributed by atoms with Gasteiger partial charge in [-0.25, -0.2) is 4.98 Å². The average molecular weight is 199 g/mol. The van der Waals surface area contributed by atoms with E-state index < -0.39 is 0 Å². The van der Waals surface area contributed by atoms with Crippen molar-refractivity contribution in [2.45, 2.75) is 25.0 Å². The molecular weight excluding hydrogens is 186 g/mol. The van der Waals surface area contributed by atoms with Crippen LogP contribution in [0.4, 0.5) is 5.82 Å². The van der Waals surface area contributed by atoms with E-state index in [1.807, 2.05) is 13.2 Å². The first kappa shape index (κ1) is 10.1. The minimum atomic E-state index is -0.0706. The molecule has 4 nitrogen and oxygen atoms in total. The van der Waals surface area contributed by atoms with E-state index in [1.54, 1.807) is 4.57 Å². The molecule has 5 heteroatoms. The van der Waals surface area contributed by atoms with Crippen LogP contribution in [0.1, 0.15) is 13.3 Å². The van der Waals surface area contributed by atoms with Crippen molar-refractivity contribution in [2.75, 3.05) is 12.0 Å². The lowest BCUT2D eigenvalue weighted by Crippen LogP contribution is -2.22. The third kappa shape index (κ3) is 2.24. The Hall–Kier alpha value is -0.970. The van der Waals surface area contributed by atoms with Crippen LogP contribution in [0.3, 0.4) is 0 Å². The van der Waals surface area contributed by atoms with E-state index in [4.69, 9.17) is 5.73 Å². The maximum absolute atomic E-state index is 11.4. The summed E-state index contributed by atoms with van der Waals surface area (Å²) in [6, 6.07) is 1.36. The zero-order valence-corrected chi connectivity index (χ0v) is 8.60. The van der Waals surface area contributed by atoms with Crippen molar-refractivity contribution in [1.29, 1.82) is 0 Å². The number of nitrogens with two attached hydrogens (primary N) is 1. The van der Waals surface area contributed by atoms with Crippen LogP contribution in [0.2, 0.25) is 0 Å². The van der Waals surface area contributed by atoms with E-state index in [1.165, 1.54) is 17.8 Å². The molecule has 0 spiro atoms. The Labute approximate surface area is 81.2 Å². The molecule has 0 atom stereocenters. The summed E-state index contributed by atoms with van der Waals surface area (Å²) < 4.78 is 1.64. The molecule has 0 amide bonds. The zero-order valence-electron chi connectivity index (χ0n) is 7.78. The highest BCUT2D eigenvalue weighted by atomic mass is 32.2. The Morgan fingerprint density at radius 2 is 2.38 bits per heavy atom. The molecule has 0 radical (unpaired) electrons. The van der Waals surface area contributed by atoms with Crippen molar-refractivity contribution in [1.82, 2.24) is 9.55 Å². The normalized spacial score (nSPS) is 10.3. The maximum atomic E-state index is 11.4. The third-order valence-electron chi connectivity index (χ3n) is 1.62. The van der Waals surface area contributed by atoms with Gasteiger partial charge in [-0.3, -0.25) is 9.36 Å². The Morgan fingerprint density at radius 3 is 2.92 bits per heavy atom. The van der Waals surface area contributed by atoms with Crippen molar-refractivity contribution < 1.29 is 0 Å². The summed E-state index contributed by atoms with van der Waals surface area (Å²) >= 11 is 1.44. The van der Waals surface area contributed by atoms with Gasteiger partial charge in [-0.1, -0.05) is 18.7 Å². The van der Waals surface area contributed by atoms with Gasteiger partial charge in [0.25, 0.3) is 5.56 Å². The molecule has 0 aliphatic carbocycles. The minimum absolute atomic E-state index is 0.0706. The van der Waals surface area contributed by atoms with Gasteiger partial charge in [0.1, 0.15) is 5.82 Å². The number of hydrogen-bond acceptors (Lipinski definition) is 4. The van der Waals surface area contributed by atoms with Crippen molar-refractivity contribution in [3.05, 3.63) is 16.4 Å². The summed E-state index contributed by atoms with van der Waals surface area (Å²) in [7, 11) is 0. The highest BCUT2D eigenvalue weighted by molar-refractivity contribution is 7.98. The first-order valence-corrected chi connectivity index (χ1v) is 5.33. The van der Waals surface area contributed by atoms with Crippen molar-refractivity contribution in [3.63, 3.8) is 0 Å². The van der Waals surface area contributed by atoms with Crippen LogP contribution >= 0.6 is 11.8 Å². The van der Waals surface area contributed by atoms with Crippen LogP contribution in [0.15, 0.2) is 16.0 Å². The number of thioether (sulfide) groups is 1. The lowest BCUT2D eigenvalue weighted by atomic mass is 10.4. The van der Waals surface area contributed by atoms with Gasteiger partial charge in [-0.2, -0.15) is 0 Å². The van der Waals surface area contributed by atoms with Gasteiger partial charge in [-0.15, -0.1) is 0 Å². The highest BCUT2D eigenvalue weighted by Gasteiger charge is 2.04. The molecule has 0 bridgehead atoms. The molecule has 72 valence electrons. The maximum Gasteiger partial charge on any atom is 0.256 e. The smallest absolute Gasteiger partial charge is 0.256 e.